The van der Waals surface area contributed by atoms with Crippen LogP contribution in [-0.2, 0) is 4.74 Å². The molecule has 0 aliphatic heterocycles. The van der Waals surface area contributed by atoms with Crippen LogP contribution in [0, 0.1) is 11.8 Å². The van der Waals surface area contributed by atoms with Crippen molar-refractivity contribution in [3.8, 4) is 5.75 Å². The number of nitrogens with zero attached hydrogens (tertiary/aromatic N) is 3. The maximum atomic E-state index is 6.06. The maximum absolute atomic E-state index is 6.06. The van der Waals surface area contributed by atoms with Crippen molar-refractivity contribution < 1.29 is 9.57 Å². The van der Waals surface area contributed by atoms with Crippen molar-refractivity contribution in [3.63, 3.8) is 0 Å². The van der Waals surface area contributed by atoms with Gasteiger partial charge in [0.1, 0.15) is 5.82 Å². The fourth-order valence-electron chi connectivity index (χ4n) is 5.42. The van der Waals surface area contributed by atoms with Gasteiger partial charge in [-0.15, -0.1) is 0 Å². The predicted molar refractivity (Wildman–Crippen MR) is 161 cm³/mol. The second kappa shape index (κ2) is 13.0. The number of hydroxylamine groups is 1. The van der Waals surface area contributed by atoms with E-state index in [4.69, 9.17) is 19.5 Å². The molecule has 39 heavy (non-hydrogen) atoms. The molecule has 4 aromatic rings. The first-order valence-corrected chi connectivity index (χ1v) is 13.9. The largest absolute Gasteiger partial charge is 0.408 e. The smallest absolute Gasteiger partial charge is 0.225 e. The predicted octanol–water partition coefficient (Wildman–Crippen LogP) is 5.71. The fourth-order valence-corrected chi connectivity index (χ4v) is 5.42. The Morgan fingerprint density at radius 1 is 0.795 bits per heavy atom. The van der Waals surface area contributed by atoms with Crippen LogP contribution in [0.5, 0.6) is 5.75 Å². The van der Waals surface area contributed by atoms with E-state index in [0.29, 0.717) is 30.9 Å². The third-order valence-corrected chi connectivity index (χ3v) is 7.61. The Labute approximate surface area is 231 Å². The molecule has 1 fully saturated rings. The quantitative estimate of drug-likeness (QED) is 0.159. The molecule has 1 saturated carbocycles. The molecule has 0 amide bonds. The third-order valence-electron chi connectivity index (χ3n) is 7.61. The summed E-state index contributed by atoms with van der Waals surface area (Å²) < 4.78 is 5.18. The average molecular weight is 529 g/mol. The summed E-state index contributed by atoms with van der Waals surface area (Å²) in [7, 11) is 5.84. The van der Waals surface area contributed by atoms with Crippen molar-refractivity contribution in [3.05, 3.63) is 60.7 Å². The molecule has 0 bridgehead atoms. The minimum atomic E-state index is 0.613. The highest BCUT2D eigenvalue weighted by Crippen LogP contribution is 2.32. The van der Waals surface area contributed by atoms with Crippen molar-refractivity contribution in [1.29, 1.82) is 0 Å². The second-order valence-electron chi connectivity index (χ2n) is 10.6. The van der Waals surface area contributed by atoms with Crippen LogP contribution in [0.3, 0.4) is 0 Å². The zero-order chi connectivity index (χ0) is 27.0. The Balaban J connectivity index is 1.10. The number of nitrogens with one attached hydrogen (secondary N) is 3. The number of fused-ring (bicyclic) bond motifs is 2. The van der Waals surface area contributed by atoms with E-state index in [9.17, 15) is 0 Å². The van der Waals surface area contributed by atoms with E-state index in [0.717, 1.165) is 40.9 Å². The van der Waals surface area contributed by atoms with Crippen LogP contribution in [0.4, 0.5) is 17.5 Å². The lowest BCUT2D eigenvalue weighted by Crippen LogP contribution is -2.30. The van der Waals surface area contributed by atoms with E-state index in [1.165, 1.54) is 36.8 Å². The average Bonchev–Trinajstić information content (AvgIpc) is 2.96. The number of hydrogen-bond donors (Lipinski definition) is 3. The lowest BCUT2D eigenvalue weighted by atomic mass is 9.82. The van der Waals surface area contributed by atoms with Crippen LogP contribution in [0.25, 0.3) is 21.7 Å². The summed E-state index contributed by atoms with van der Waals surface area (Å²) in [6.07, 6.45) is 4.75. The van der Waals surface area contributed by atoms with Crippen molar-refractivity contribution >= 4 is 39.1 Å². The molecular formula is C31H40N6O2. The Bertz CT molecular complexity index is 1370. The van der Waals surface area contributed by atoms with E-state index in [-0.39, 0.29) is 0 Å². The standard InChI is InChI=1S/C31H40N6O2/c1-37(2)28-12-6-10-25-24(28)9-7-13-29(25)39-34-21-23-16-14-22(15-17-23)20-33-31-35-27-11-5-4-8-26(27)30(36-31)32-18-19-38-3/h4-13,22-23,34H,14-21H2,1-3H3,(H2,32,33,35,36)/t22-,23-. The molecule has 0 saturated heterocycles. The van der Waals surface area contributed by atoms with Gasteiger partial charge in [0.05, 0.1) is 12.1 Å². The molecule has 1 heterocycles. The molecule has 0 radical (unpaired) electrons. The van der Waals surface area contributed by atoms with Gasteiger partial charge in [0.25, 0.3) is 0 Å². The van der Waals surface area contributed by atoms with Crippen LogP contribution >= 0.6 is 0 Å². The van der Waals surface area contributed by atoms with Gasteiger partial charge in [0.15, 0.2) is 5.75 Å². The monoisotopic (exact) mass is 528 g/mol. The van der Waals surface area contributed by atoms with Gasteiger partial charge >= 0.3 is 0 Å². The summed E-state index contributed by atoms with van der Waals surface area (Å²) in [5, 5.41) is 10.2. The molecule has 1 aliphatic rings. The highest BCUT2D eigenvalue weighted by atomic mass is 16.6. The molecule has 0 atom stereocenters. The van der Waals surface area contributed by atoms with Crippen LogP contribution in [-0.4, -0.2) is 57.4 Å². The highest BCUT2D eigenvalue weighted by Gasteiger charge is 2.22. The number of para-hydroxylation sites is 1. The minimum Gasteiger partial charge on any atom is -0.408 e. The van der Waals surface area contributed by atoms with Gasteiger partial charge in [-0.3, -0.25) is 0 Å². The third kappa shape index (κ3) is 6.69. The van der Waals surface area contributed by atoms with Gasteiger partial charge < -0.3 is 25.1 Å². The summed E-state index contributed by atoms with van der Waals surface area (Å²) in [5.74, 6) is 3.63. The van der Waals surface area contributed by atoms with Gasteiger partial charge in [-0.25, -0.2) is 4.98 Å². The first-order valence-electron chi connectivity index (χ1n) is 13.9. The maximum Gasteiger partial charge on any atom is 0.225 e. The van der Waals surface area contributed by atoms with Crippen LogP contribution in [0.2, 0.25) is 0 Å². The molecule has 8 nitrogen and oxygen atoms in total. The Kier molecular flexibility index (Phi) is 8.96. The number of aromatic nitrogens is 2. The number of ether oxygens (including phenoxy) is 1. The summed E-state index contributed by atoms with van der Waals surface area (Å²) in [6.45, 7) is 3.07. The number of methoxy groups -OCH3 is 1. The van der Waals surface area contributed by atoms with Crippen molar-refractivity contribution in [2.45, 2.75) is 25.7 Å². The SMILES string of the molecule is COCCNc1nc(NC[C@H]2CC[C@H](CNOc3cccc4c(N(C)C)cccc34)CC2)nc2ccccc12. The molecule has 5 rings (SSSR count). The van der Waals surface area contributed by atoms with E-state index < -0.39 is 0 Å². The Morgan fingerprint density at radius 3 is 2.31 bits per heavy atom. The van der Waals surface area contributed by atoms with E-state index in [2.05, 4.69) is 71.5 Å². The minimum absolute atomic E-state index is 0.613. The van der Waals surface area contributed by atoms with Gasteiger partial charge in [0.2, 0.25) is 5.95 Å². The summed E-state index contributed by atoms with van der Waals surface area (Å²) in [6, 6.07) is 20.7. The number of rotatable bonds is 12. The van der Waals surface area contributed by atoms with Gasteiger partial charge in [-0.1, -0.05) is 36.4 Å². The first kappa shape index (κ1) is 27.0. The van der Waals surface area contributed by atoms with Crippen molar-refractivity contribution in [2.24, 2.45) is 11.8 Å². The lowest BCUT2D eigenvalue weighted by Gasteiger charge is -2.28. The molecule has 1 aliphatic carbocycles. The second-order valence-corrected chi connectivity index (χ2v) is 10.6. The van der Waals surface area contributed by atoms with Crippen molar-refractivity contribution in [2.75, 3.05) is 63.0 Å². The van der Waals surface area contributed by atoms with Crippen molar-refractivity contribution in [1.82, 2.24) is 15.4 Å². The zero-order valence-electron chi connectivity index (χ0n) is 23.2. The molecule has 0 unspecified atom stereocenters. The molecule has 1 aromatic heterocycles. The van der Waals surface area contributed by atoms with Gasteiger partial charge in [-0.05, 0) is 61.8 Å². The lowest BCUT2D eigenvalue weighted by molar-refractivity contribution is 0.157. The first-order chi connectivity index (χ1) is 19.1. The Morgan fingerprint density at radius 2 is 1.51 bits per heavy atom. The molecular weight excluding hydrogens is 488 g/mol. The molecule has 3 N–H and O–H groups in total. The molecule has 0 spiro atoms. The highest BCUT2D eigenvalue weighted by molar-refractivity contribution is 5.97. The van der Waals surface area contributed by atoms with Gasteiger partial charge in [-0.2, -0.15) is 10.5 Å². The summed E-state index contributed by atoms with van der Waals surface area (Å²) >= 11 is 0. The topological polar surface area (TPSA) is 83.6 Å². The van der Waals surface area contributed by atoms with E-state index >= 15 is 0 Å². The zero-order valence-corrected chi connectivity index (χ0v) is 23.2. The molecule has 8 heteroatoms. The number of anilines is 3. The molecule has 206 valence electrons. The van der Waals surface area contributed by atoms with Gasteiger partial charge in [0, 0.05) is 62.7 Å². The summed E-state index contributed by atoms with van der Waals surface area (Å²) in [4.78, 5) is 17.7. The number of hydrogen-bond acceptors (Lipinski definition) is 8. The normalized spacial score (nSPS) is 17.3. The van der Waals surface area contributed by atoms with E-state index in [1.54, 1.807) is 7.11 Å². The van der Waals surface area contributed by atoms with E-state index in [1.807, 2.05) is 24.3 Å². The van der Waals surface area contributed by atoms with Crippen LogP contribution in [0.15, 0.2) is 60.7 Å². The number of benzene rings is 3. The molecule has 3 aromatic carbocycles. The Hall–Kier alpha value is -3.62. The van der Waals surface area contributed by atoms with Crippen LogP contribution < -0.4 is 25.9 Å². The summed E-state index contributed by atoms with van der Waals surface area (Å²) in [5.41, 5.74) is 5.39. The fraction of sp³-hybridized carbons (Fsp3) is 0.419. The van der Waals surface area contributed by atoms with Crippen LogP contribution in [0.1, 0.15) is 25.7 Å².